The van der Waals surface area contributed by atoms with Crippen molar-refractivity contribution in [1.29, 1.82) is 0 Å². The van der Waals surface area contributed by atoms with Crippen molar-refractivity contribution in [2.45, 2.75) is 33.1 Å². The molecule has 0 aliphatic carbocycles. The van der Waals surface area contributed by atoms with Crippen molar-refractivity contribution < 1.29 is 14.6 Å². The van der Waals surface area contributed by atoms with Crippen LogP contribution in [0.1, 0.15) is 42.7 Å². The molecule has 88 valence electrons. The molecule has 16 heavy (non-hydrogen) atoms. The highest BCUT2D eigenvalue weighted by Gasteiger charge is 2.10. The molecule has 0 saturated heterocycles. The van der Waals surface area contributed by atoms with Gasteiger partial charge in [-0.15, -0.1) is 0 Å². The molecule has 0 atom stereocenters. The van der Waals surface area contributed by atoms with Crippen LogP contribution in [0, 0.1) is 0 Å². The molecule has 4 heteroatoms. The Morgan fingerprint density at radius 1 is 1.50 bits per heavy atom. The Hall–Kier alpha value is -1.58. The summed E-state index contributed by atoms with van der Waals surface area (Å²) in [6.07, 6.45) is 4.61. The lowest BCUT2D eigenvalue weighted by molar-refractivity contribution is 0.0690. The molecule has 0 unspecified atom stereocenters. The van der Waals surface area contributed by atoms with E-state index in [2.05, 4.69) is 11.9 Å². The maximum atomic E-state index is 10.8. The molecule has 0 fully saturated rings. The molecule has 1 rings (SSSR count). The molecule has 0 bridgehead atoms. The third kappa shape index (κ3) is 3.22. The van der Waals surface area contributed by atoms with Gasteiger partial charge in [-0.05, 0) is 19.8 Å². The minimum Gasteiger partial charge on any atom is -0.493 e. The van der Waals surface area contributed by atoms with E-state index in [0.717, 1.165) is 24.8 Å². The highest BCUT2D eigenvalue weighted by molar-refractivity contribution is 5.85. The first-order chi connectivity index (χ1) is 7.69. The Bertz CT molecular complexity index is 363. The molecule has 1 heterocycles. The van der Waals surface area contributed by atoms with Crippen LogP contribution in [0.3, 0.4) is 0 Å². The Morgan fingerprint density at radius 2 is 2.25 bits per heavy atom. The number of pyridine rings is 1. The van der Waals surface area contributed by atoms with Crippen LogP contribution in [0.4, 0.5) is 0 Å². The second-order valence-corrected chi connectivity index (χ2v) is 3.52. The third-order valence-electron chi connectivity index (χ3n) is 2.26. The first-order valence-electron chi connectivity index (χ1n) is 5.54. The van der Waals surface area contributed by atoms with Gasteiger partial charge in [-0.3, -0.25) is 0 Å². The molecular weight excluding hydrogens is 206 g/mol. The van der Waals surface area contributed by atoms with E-state index in [1.165, 1.54) is 6.07 Å². The molecule has 4 nitrogen and oxygen atoms in total. The molecule has 0 spiro atoms. The summed E-state index contributed by atoms with van der Waals surface area (Å²) in [4.78, 5) is 14.7. The lowest BCUT2D eigenvalue weighted by atomic mass is 10.1. The predicted octanol–water partition coefficient (Wildman–Crippen LogP) is 2.52. The van der Waals surface area contributed by atoms with Crippen molar-refractivity contribution in [3.05, 3.63) is 23.5 Å². The summed E-state index contributed by atoms with van der Waals surface area (Å²) in [7, 11) is 0. The number of aromatic nitrogens is 1. The van der Waals surface area contributed by atoms with Crippen LogP contribution in [-0.4, -0.2) is 22.7 Å². The van der Waals surface area contributed by atoms with Crippen molar-refractivity contribution in [2.24, 2.45) is 0 Å². The number of carboxylic acid groups (broad SMARTS) is 1. The molecular formula is C12H17NO3. The zero-order valence-corrected chi connectivity index (χ0v) is 9.69. The lowest BCUT2D eigenvalue weighted by Gasteiger charge is -2.09. The summed E-state index contributed by atoms with van der Waals surface area (Å²) in [5.74, 6) is -0.383. The Labute approximate surface area is 95.3 Å². The van der Waals surface area contributed by atoms with Crippen LogP contribution in [0.25, 0.3) is 0 Å². The van der Waals surface area contributed by atoms with E-state index in [-0.39, 0.29) is 5.69 Å². The molecule has 0 aromatic carbocycles. The number of unbranched alkanes of at least 4 members (excludes halogenated alkanes) is 1. The van der Waals surface area contributed by atoms with E-state index in [0.29, 0.717) is 12.4 Å². The van der Waals surface area contributed by atoms with Gasteiger partial charge in [0.15, 0.2) is 5.69 Å². The Morgan fingerprint density at radius 3 is 2.81 bits per heavy atom. The smallest absolute Gasteiger partial charge is 0.354 e. The second-order valence-electron chi connectivity index (χ2n) is 3.52. The number of rotatable bonds is 6. The fraction of sp³-hybridized carbons (Fsp3) is 0.500. The van der Waals surface area contributed by atoms with Crippen molar-refractivity contribution in [3.8, 4) is 5.75 Å². The summed E-state index contributed by atoms with van der Waals surface area (Å²) in [5.41, 5.74) is 1.01. The topological polar surface area (TPSA) is 59.4 Å². The standard InChI is InChI=1S/C12H17NO3/c1-3-5-6-9-8-13-10(12(14)15)7-11(9)16-4-2/h7-8H,3-6H2,1-2H3,(H,14,15). The van der Waals surface area contributed by atoms with E-state index < -0.39 is 5.97 Å². The zero-order valence-electron chi connectivity index (χ0n) is 9.69. The van der Waals surface area contributed by atoms with Crippen molar-refractivity contribution in [3.63, 3.8) is 0 Å². The monoisotopic (exact) mass is 223 g/mol. The van der Waals surface area contributed by atoms with Gasteiger partial charge in [0.25, 0.3) is 0 Å². The summed E-state index contributed by atoms with van der Waals surface area (Å²) in [6, 6.07) is 1.50. The minimum absolute atomic E-state index is 0.0312. The van der Waals surface area contributed by atoms with Crippen LogP contribution in [0.15, 0.2) is 12.3 Å². The van der Waals surface area contributed by atoms with Crippen molar-refractivity contribution in [2.75, 3.05) is 6.61 Å². The first kappa shape index (κ1) is 12.5. The number of aromatic carboxylic acids is 1. The number of aryl methyl sites for hydroxylation is 1. The number of carbonyl (C=O) groups is 1. The van der Waals surface area contributed by atoms with Gasteiger partial charge in [0, 0.05) is 17.8 Å². The highest BCUT2D eigenvalue weighted by Crippen LogP contribution is 2.20. The summed E-state index contributed by atoms with van der Waals surface area (Å²) in [5, 5.41) is 8.83. The number of nitrogens with zero attached hydrogens (tertiary/aromatic N) is 1. The van der Waals surface area contributed by atoms with E-state index in [4.69, 9.17) is 9.84 Å². The zero-order chi connectivity index (χ0) is 12.0. The van der Waals surface area contributed by atoms with Crippen molar-refractivity contribution in [1.82, 2.24) is 4.98 Å². The number of ether oxygens (including phenoxy) is 1. The molecule has 1 N–H and O–H groups in total. The predicted molar refractivity (Wildman–Crippen MR) is 61.0 cm³/mol. The van der Waals surface area contributed by atoms with Crippen LogP contribution in [0.2, 0.25) is 0 Å². The largest absolute Gasteiger partial charge is 0.493 e. The SMILES string of the molecule is CCCCc1cnc(C(=O)O)cc1OCC. The Balaban J connectivity index is 2.94. The molecule has 0 radical (unpaired) electrons. The maximum Gasteiger partial charge on any atom is 0.354 e. The molecule has 0 aliphatic heterocycles. The molecule has 1 aromatic rings. The van der Waals surface area contributed by atoms with E-state index in [9.17, 15) is 4.79 Å². The van der Waals surface area contributed by atoms with Gasteiger partial charge >= 0.3 is 5.97 Å². The fourth-order valence-corrected chi connectivity index (χ4v) is 1.43. The maximum absolute atomic E-state index is 10.8. The van der Waals surface area contributed by atoms with Crippen LogP contribution in [0.5, 0.6) is 5.75 Å². The summed E-state index contributed by atoms with van der Waals surface area (Å²) >= 11 is 0. The summed E-state index contributed by atoms with van der Waals surface area (Å²) in [6.45, 7) is 4.52. The van der Waals surface area contributed by atoms with Crippen LogP contribution in [-0.2, 0) is 6.42 Å². The normalized spacial score (nSPS) is 10.1. The van der Waals surface area contributed by atoms with E-state index in [1.54, 1.807) is 6.20 Å². The van der Waals surface area contributed by atoms with Gasteiger partial charge in [-0.25, -0.2) is 9.78 Å². The summed E-state index contributed by atoms with van der Waals surface area (Å²) < 4.78 is 5.42. The lowest BCUT2D eigenvalue weighted by Crippen LogP contribution is -2.04. The van der Waals surface area contributed by atoms with Crippen LogP contribution >= 0.6 is 0 Å². The van der Waals surface area contributed by atoms with Gasteiger partial charge in [0.05, 0.1) is 6.61 Å². The average molecular weight is 223 g/mol. The number of carboxylic acids is 1. The van der Waals surface area contributed by atoms with E-state index in [1.807, 2.05) is 6.92 Å². The average Bonchev–Trinajstić information content (AvgIpc) is 2.27. The number of hydrogen-bond donors (Lipinski definition) is 1. The fourth-order valence-electron chi connectivity index (χ4n) is 1.43. The van der Waals surface area contributed by atoms with Gasteiger partial charge in [-0.2, -0.15) is 0 Å². The van der Waals surface area contributed by atoms with Crippen molar-refractivity contribution >= 4 is 5.97 Å². The molecule has 0 amide bonds. The highest BCUT2D eigenvalue weighted by atomic mass is 16.5. The molecule has 0 saturated carbocycles. The molecule has 0 aliphatic rings. The quantitative estimate of drug-likeness (QED) is 0.805. The van der Waals surface area contributed by atoms with Gasteiger partial charge < -0.3 is 9.84 Å². The van der Waals surface area contributed by atoms with Crippen LogP contribution < -0.4 is 4.74 Å². The number of hydrogen-bond acceptors (Lipinski definition) is 3. The minimum atomic E-state index is -1.03. The first-order valence-corrected chi connectivity index (χ1v) is 5.54. The van der Waals surface area contributed by atoms with Gasteiger partial charge in [0.2, 0.25) is 0 Å². The third-order valence-corrected chi connectivity index (χ3v) is 2.26. The van der Waals surface area contributed by atoms with Gasteiger partial charge in [0.1, 0.15) is 5.75 Å². The molecule has 1 aromatic heterocycles. The van der Waals surface area contributed by atoms with Gasteiger partial charge in [-0.1, -0.05) is 13.3 Å². The Kier molecular flexibility index (Phi) is 4.76. The second kappa shape index (κ2) is 6.10. The van der Waals surface area contributed by atoms with E-state index >= 15 is 0 Å².